The number of aromatic amines is 1. The molecule has 2 heterocycles. The summed E-state index contributed by atoms with van der Waals surface area (Å²) in [5, 5.41) is 13.9. The lowest BCUT2D eigenvalue weighted by atomic mass is 10.1. The van der Waals surface area contributed by atoms with Crippen LogP contribution in [0.4, 0.5) is 11.4 Å². The zero-order chi connectivity index (χ0) is 21.6. The molecule has 0 spiro atoms. The van der Waals surface area contributed by atoms with Gasteiger partial charge in [-0.1, -0.05) is 29.8 Å². The average molecular weight is 432 g/mol. The minimum absolute atomic E-state index is 0.329. The van der Waals surface area contributed by atoms with Crippen LogP contribution in [0.3, 0.4) is 0 Å². The molecule has 4 aromatic rings. The maximum Gasteiger partial charge on any atom is 0.233 e. The molecular weight excluding hydrogens is 414 g/mol. The summed E-state index contributed by atoms with van der Waals surface area (Å²) in [6.07, 6.45) is 5.15. The summed E-state index contributed by atoms with van der Waals surface area (Å²) >= 11 is 6.02. The summed E-state index contributed by atoms with van der Waals surface area (Å²) in [7, 11) is 0. The molecule has 0 bridgehead atoms. The van der Waals surface area contributed by atoms with Crippen molar-refractivity contribution in [3.05, 3.63) is 83.3 Å². The zero-order valence-electron chi connectivity index (χ0n) is 16.3. The number of para-hydroxylation sites is 1. The molecule has 0 aliphatic heterocycles. The van der Waals surface area contributed by atoms with Gasteiger partial charge in [0.1, 0.15) is 6.42 Å². The van der Waals surface area contributed by atoms with Gasteiger partial charge in [0, 0.05) is 17.3 Å². The fourth-order valence-electron chi connectivity index (χ4n) is 2.99. The number of nitrogens with one attached hydrogen (secondary N) is 3. The first kappa shape index (κ1) is 20.3. The third-order valence-corrected chi connectivity index (χ3v) is 4.77. The van der Waals surface area contributed by atoms with E-state index in [1.54, 1.807) is 42.6 Å². The Labute approximate surface area is 183 Å². The Balaban J connectivity index is 1.40. The molecule has 0 fully saturated rings. The van der Waals surface area contributed by atoms with Crippen molar-refractivity contribution in [3.63, 3.8) is 0 Å². The van der Waals surface area contributed by atoms with Crippen LogP contribution in [0, 0.1) is 0 Å². The highest BCUT2D eigenvalue weighted by Crippen LogP contribution is 2.23. The van der Waals surface area contributed by atoms with Crippen molar-refractivity contribution >= 4 is 57.8 Å². The third kappa shape index (κ3) is 5.15. The van der Waals surface area contributed by atoms with E-state index in [2.05, 4.69) is 25.8 Å². The average Bonchev–Trinajstić information content (AvgIpc) is 3.16. The number of benzene rings is 2. The lowest BCUT2D eigenvalue weighted by Gasteiger charge is -2.08. The van der Waals surface area contributed by atoms with Gasteiger partial charge >= 0.3 is 0 Å². The van der Waals surface area contributed by atoms with Gasteiger partial charge < -0.3 is 10.6 Å². The van der Waals surface area contributed by atoms with Crippen molar-refractivity contribution in [3.8, 4) is 0 Å². The van der Waals surface area contributed by atoms with Crippen molar-refractivity contribution in [2.24, 2.45) is 0 Å². The van der Waals surface area contributed by atoms with Crippen LogP contribution in [-0.2, 0) is 9.59 Å². The highest BCUT2D eigenvalue weighted by Gasteiger charge is 2.12. The number of rotatable bonds is 6. The van der Waals surface area contributed by atoms with E-state index in [1.807, 2.05) is 36.4 Å². The fourth-order valence-corrected chi connectivity index (χ4v) is 3.18. The fraction of sp³-hybridized carbons (Fsp3) is 0.0435. The number of pyridine rings is 1. The number of carbonyl (C=O) groups excluding carboxylic acids is 2. The first-order valence-corrected chi connectivity index (χ1v) is 9.88. The molecule has 0 unspecified atom stereocenters. The summed E-state index contributed by atoms with van der Waals surface area (Å²) in [6.45, 7) is 0. The number of aromatic nitrogens is 3. The minimum atomic E-state index is -0.449. The molecule has 2 aromatic heterocycles. The molecule has 2 amide bonds. The summed E-state index contributed by atoms with van der Waals surface area (Å²) in [5.74, 6) is -0.881. The summed E-state index contributed by atoms with van der Waals surface area (Å²) in [6, 6.07) is 17.9. The van der Waals surface area contributed by atoms with Crippen LogP contribution in [0.2, 0.25) is 5.02 Å². The van der Waals surface area contributed by atoms with Crippen molar-refractivity contribution in [2.45, 2.75) is 6.42 Å². The summed E-state index contributed by atoms with van der Waals surface area (Å²) in [4.78, 5) is 28.6. The van der Waals surface area contributed by atoms with E-state index in [4.69, 9.17) is 11.6 Å². The molecular formula is C23H18ClN5O2. The zero-order valence-corrected chi connectivity index (χ0v) is 17.1. The van der Waals surface area contributed by atoms with Crippen LogP contribution < -0.4 is 10.6 Å². The largest absolute Gasteiger partial charge is 0.326 e. The molecule has 0 saturated carbocycles. The number of nitrogens with zero attached hydrogens (tertiary/aromatic N) is 2. The van der Waals surface area contributed by atoms with E-state index in [9.17, 15) is 9.59 Å². The predicted octanol–water partition coefficient (Wildman–Crippen LogP) is 4.75. The highest BCUT2D eigenvalue weighted by molar-refractivity contribution is 6.33. The van der Waals surface area contributed by atoms with E-state index in [-0.39, 0.29) is 6.42 Å². The molecule has 3 N–H and O–H groups in total. The van der Waals surface area contributed by atoms with E-state index < -0.39 is 11.8 Å². The minimum Gasteiger partial charge on any atom is -0.326 e. The Kier molecular flexibility index (Phi) is 6.05. The van der Waals surface area contributed by atoms with Crippen molar-refractivity contribution in [2.75, 3.05) is 10.6 Å². The lowest BCUT2D eigenvalue weighted by molar-refractivity contribution is -0.123. The molecule has 0 radical (unpaired) electrons. The first-order chi connectivity index (χ1) is 15.1. The third-order valence-electron chi connectivity index (χ3n) is 4.44. The van der Waals surface area contributed by atoms with Crippen molar-refractivity contribution in [1.82, 2.24) is 15.2 Å². The Hall–Kier alpha value is -3.97. The maximum atomic E-state index is 12.2. The van der Waals surface area contributed by atoms with Gasteiger partial charge in [0.05, 0.1) is 27.6 Å². The van der Waals surface area contributed by atoms with Crippen LogP contribution in [0.15, 0.2) is 66.9 Å². The second-order valence-corrected chi connectivity index (χ2v) is 7.12. The van der Waals surface area contributed by atoms with E-state index in [0.717, 1.165) is 22.3 Å². The number of carbonyl (C=O) groups is 2. The van der Waals surface area contributed by atoms with Crippen LogP contribution in [0.25, 0.3) is 23.1 Å². The van der Waals surface area contributed by atoms with Crippen LogP contribution in [0.5, 0.6) is 0 Å². The monoisotopic (exact) mass is 431 g/mol. The summed E-state index contributed by atoms with van der Waals surface area (Å²) in [5.41, 5.74) is 3.38. The molecule has 31 heavy (non-hydrogen) atoms. The second kappa shape index (κ2) is 9.23. The summed E-state index contributed by atoms with van der Waals surface area (Å²) < 4.78 is 0. The Morgan fingerprint density at radius 3 is 2.58 bits per heavy atom. The van der Waals surface area contributed by atoms with Crippen LogP contribution in [0.1, 0.15) is 17.8 Å². The first-order valence-electron chi connectivity index (χ1n) is 9.50. The Morgan fingerprint density at radius 1 is 0.968 bits per heavy atom. The van der Waals surface area contributed by atoms with Crippen molar-refractivity contribution < 1.29 is 9.59 Å². The number of H-pyrrole nitrogens is 1. The molecule has 2 aromatic carbocycles. The molecule has 0 aliphatic rings. The maximum absolute atomic E-state index is 12.2. The van der Waals surface area contributed by atoms with Gasteiger partial charge in [-0.3, -0.25) is 19.7 Å². The van der Waals surface area contributed by atoms with E-state index in [1.165, 1.54) is 0 Å². The van der Waals surface area contributed by atoms with Gasteiger partial charge in [0.15, 0.2) is 0 Å². The van der Waals surface area contributed by atoms with Gasteiger partial charge in [0.2, 0.25) is 11.8 Å². The molecule has 8 heteroatoms. The smallest absolute Gasteiger partial charge is 0.233 e. The van der Waals surface area contributed by atoms with Gasteiger partial charge in [-0.25, -0.2) is 0 Å². The molecule has 0 saturated heterocycles. The molecule has 0 aliphatic carbocycles. The second-order valence-electron chi connectivity index (χ2n) is 6.71. The van der Waals surface area contributed by atoms with Gasteiger partial charge in [-0.2, -0.15) is 5.10 Å². The van der Waals surface area contributed by atoms with E-state index in [0.29, 0.717) is 16.4 Å². The SMILES string of the molecule is O=C(CC(=O)Nc1ccccc1Cl)Nc1ccc2c(C=Cc3ccccn3)n[nH]c2c1. The standard InChI is InChI=1S/C23H18ClN5O2/c24-18-6-1-2-7-20(18)27-23(31)14-22(30)26-16-8-10-17-19(28-29-21(17)13-16)11-9-15-5-3-4-12-25-15/h1-13H,14H2,(H,26,30)(H,27,31)(H,28,29). The van der Waals surface area contributed by atoms with Gasteiger partial charge in [-0.05, 0) is 54.6 Å². The van der Waals surface area contributed by atoms with Crippen LogP contribution in [-0.4, -0.2) is 27.0 Å². The van der Waals surface area contributed by atoms with Crippen molar-refractivity contribution in [1.29, 1.82) is 0 Å². The Bertz CT molecular complexity index is 1270. The number of hydrogen-bond acceptors (Lipinski definition) is 4. The highest BCUT2D eigenvalue weighted by atomic mass is 35.5. The predicted molar refractivity (Wildman–Crippen MR) is 123 cm³/mol. The lowest BCUT2D eigenvalue weighted by Crippen LogP contribution is -2.21. The van der Waals surface area contributed by atoms with Gasteiger partial charge in [0.25, 0.3) is 0 Å². The van der Waals surface area contributed by atoms with Gasteiger partial charge in [-0.15, -0.1) is 0 Å². The molecule has 4 rings (SSSR count). The van der Waals surface area contributed by atoms with Crippen LogP contribution >= 0.6 is 11.6 Å². The molecule has 0 atom stereocenters. The number of amides is 2. The molecule has 7 nitrogen and oxygen atoms in total. The number of hydrogen-bond donors (Lipinski definition) is 3. The topological polar surface area (TPSA) is 99.8 Å². The molecule has 154 valence electrons. The number of halogens is 1. The quantitative estimate of drug-likeness (QED) is 0.383. The van der Waals surface area contributed by atoms with E-state index >= 15 is 0 Å². The normalized spacial score (nSPS) is 11.0. The number of fused-ring (bicyclic) bond motifs is 1. The number of anilines is 2. The Morgan fingerprint density at radius 2 is 1.77 bits per heavy atom.